The van der Waals surface area contributed by atoms with E-state index < -0.39 is 0 Å². The lowest BCUT2D eigenvalue weighted by Crippen LogP contribution is -1.98. The van der Waals surface area contributed by atoms with Gasteiger partial charge in [-0.1, -0.05) is 18.2 Å². The molecule has 0 radical (unpaired) electrons. The van der Waals surface area contributed by atoms with Crippen molar-refractivity contribution in [3.63, 3.8) is 0 Å². The van der Waals surface area contributed by atoms with Crippen LogP contribution in [0.2, 0.25) is 0 Å². The van der Waals surface area contributed by atoms with E-state index in [2.05, 4.69) is 9.97 Å². The number of Topliss-reactive ketones (excluding diaryl/α,β-unsaturated/α-hetero) is 1. The van der Waals surface area contributed by atoms with Gasteiger partial charge in [-0.05, 0) is 24.6 Å². The van der Waals surface area contributed by atoms with E-state index in [1.807, 2.05) is 30.3 Å². The maximum Gasteiger partial charge on any atom is 0.150 e. The van der Waals surface area contributed by atoms with Crippen LogP contribution in [-0.2, 0) is 11.2 Å². The maximum atomic E-state index is 11.2. The molecular weight excluding hydrogens is 238 g/mol. The van der Waals surface area contributed by atoms with Crippen LogP contribution in [0.5, 0.6) is 0 Å². The summed E-state index contributed by atoms with van der Waals surface area (Å²) in [5.74, 6) is 0.554. The molecule has 0 aliphatic heterocycles. The monoisotopic (exact) mass is 251 g/mol. The Balaban J connectivity index is 2.30. The number of hydrogen-bond donors (Lipinski definition) is 1. The van der Waals surface area contributed by atoms with Crippen molar-refractivity contribution in [1.29, 1.82) is 0 Å². The smallest absolute Gasteiger partial charge is 0.150 e. The minimum Gasteiger partial charge on any atom is -0.382 e. The van der Waals surface area contributed by atoms with E-state index >= 15 is 0 Å². The van der Waals surface area contributed by atoms with Gasteiger partial charge in [-0.15, -0.1) is 0 Å². The van der Waals surface area contributed by atoms with Gasteiger partial charge in [0.05, 0.1) is 5.52 Å². The van der Waals surface area contributed by atoms with E-state index in [1.165, 1.54) is 0 Å². The number of anilines is 1. The van der Waals surface area contributed by atoms with Gasteiger partial charge in [0.1, 0.15) is 11.3 Å². The number of ketones is 1. The average molecular weight is 251 g/mol. The Labute approximate surface area is 110 Å². The summed E-state index contributed by atoms with van der Waals surface area (Å²) in [7, 11) is 0. The molecule has 2 aromatic heterocycles. The summed E-state index contributed by atoms with van der Waals surface area (Å²) < 4.78 is 0. The van der Waals surface area contributed by atoms with Crippen LogP contribution in [-0.4, -0.2) is 15.8 Å². The molecule has 0 fully saturated rings. The fourth-order valence-electron chi connectivity index (χ4n) is 2.30. The van der Waals surface area contributed by atoms with Crippen molar-refractivity contribution in [3.05, 3.63) is 42.1 Å². The Morgan fingerprint density at radius 3 is 2.89 bits per heavy atom. The molecule has 0 spiro atoms. The summed E-state index contributed by atoms with van der Waals surface area (Å²) in [4.78, 5) is 19.8. The molecule has 19 heavy (non-hydrogen) atoms. The van der Waals surface area contributed by atoms with Crippen molar-refractivity contribution in [3.8, 4) is 0 Å². The van der Waals surface area contributed by atoms with E-state index in [-0.39, 0.29) is 5.78 Å². The van der Waals surface area contributed by atoms with E-state index in [9.17, 15) is 4.79 Å². The van der Waals surface area contributed by atoms with Gasteiger partial charge in [-0.25, -0.2) is 4.98 Å². The number of nitrogen functional groups attached to an aromatic ring is 1. The van der Waals surface area contributed by atoms with Crippen molar-refractivity contribution in [2.24, 2.45) is 0 Å². The third-order valence-electron chi connectivity index (χ3n) is 3.10. The Morgan fingerprint density at radius 2 is 2.11 bits per heavy atom. The van der Waals surface area contributed by atoms with Crippen LogP contribution in [0.25, 0.3) is 21.8 Å². The molecular formula is C15H13N3O. The molecule has 0 bridgehead atoms. The van der Waals surface area contributed by atoms with Crippen LogP contribution in [0.3, 0.4) is 0 Å². The van der Waals surface area contributed by atoms with Gasteiger partial charge >= 0.3 is 0 Å². The summed E-state index contributed by atoms with van der Waals surface area (Å²) in [6.45, 7) is 1.58. The third-order valence-corrected chi connectivity index (χ3v) is 3.10. The van der Waals surface area contributed by atoms with Crippen molar-refractivity contribution < 1.29 is 4.79 Å². The lowest BCUT2D eigenvalue weighted by molar-refractivity contribution is -0.116. The first-order valence-electron chi connectivity index (χ1n) is 6.07. The number of nitrogens with two attached hydrogens (primary N) is 1. The van der Waals surface area contributed by atoms with Gasteiger partial charge in [-0.3, -0.25) is 9.78 Å². The number of benzene rings is 1. The molecule has 0 saturated heterocycles. The molecule has 0 saturated carbocycles. The Kier molecular flexibility index (Phi) is 2.63. The quantitative estimate of drug-likeness (QED) is 0.710. The summed E-state index contributed by atoms with van der Waals surface area (Å²) >= 11 is 0. The lowest BCUT2D eigenvalue weighted by Gasteiger charge is -2.07. The van der Waals surface area contributed by atoms with Gasteiger partial charge in [-0.2, -0.15) is 0 Å². The predicted molar refractivity (Wildman–Crippen MR) is 75.8 cm³/mol. The first-order valence-corrected chi connectivity index (χ1v) is 6.07. The summed E-state index contributed by atoms with van der Waals surface area (Å²) in [6.07, 6.45) is 2.12. The third kappa shape index (κ3) is 2.01. The van der Waals surface area contributed by atoms with E-state index in [0.717, 1.165) is 21.9 Å². The molecule has 4 heteroatoms. The zero-order valence-corrected chi connectivity index (χ0v) is 10.6. The Hall–Kier alpha value is -2.49. The van der Waals surface area contributed by atoms with Gasteiger partial charge < -0.3 is 5.73 Å². The Bertz CT molecular complexity index is 796. The minimum absolute atomic E-state index is 0.134. The minimum atomic E-state index is 0.134. The van der Waals surface area contributed by atoms with Crippen molar-refractivity contribution in [1.82, 2.24) is 9.97 Å². The average Bonchev–Trinajstić information content (AvgIpc) is 2.38. The fourth-order valence-corrected chi connectivity index (χ4v) is 2.30. The molecule has 3 aromatic rings. The first-order chi connectivity index (χ1) is 9.15. The Morgan fingerprint density at radius 1 is 1.26 bits per heavy atom. The molecule has 0 aliphatic carbocycles. The van der Waals surface area contributed by atoms with Crippen LogP contribution < -0.4 is 5.73 Å². The van der Waals surface area contributed by atoms with Crippen molar-refractivity contribution in [2.75, 3.05) is 5.73 Å². The second-order valence-electron chi connectivity index (χ2n) is 4.63. The molecule has 3 rings (SSSR count). The summed E-state index contributed by atoms with van der Waals surface area (Å²) in [6, 6.07) is 9.70. The van der Waals surface area contributed by atoms with Gasteiger partial charge in [0.25, 0.3) is 0 Å². The van der Waals surface area contributed by atoms with E-state index in [4.69, 9.17) is 5.73 Å². The standard InChI is InChI=1S/C15H13N3O/c1-9(19)7-10-4-5-11-12-3-2-6-17-14(12)15(16)18-13(11)8-10/h2-6,8H,7H2,1H3,(H2,16,18). The highest BCUT2D eigenvalue weighted by Crippen LogP contribution is 2.26. The SMILES string of the molecule is CC(=O)Cc1ccc2c(c1)nc(N)c1ncccc12. The number of aromatic nitrogens is 2. The highest BCUT2D eigenvalue weighted by Gasteiger charge is 2.08. The second kappa shape index (κ2) is 4.31. The molecule has 94 valence electrons. The normalized spacial score (nSPS) is 11.0. The molecule has 0 aliphatic rings. The highest BCUT2D eigenvalue weighted by atomic mass is 16.1. The molecule has 0 amide bonds. The van der Waals surface area contributed by atoms with Crippen LogP contribution in [0.4, 0.5) is 5.82 Å². The number of nitrogens with zero attached hydrogens (tertiary/aromatic N) is 2. The van der Waals surface area contributed by atoms with E-state index in [1.54, 1.807) is 13.1 Å². The second-order valence-corrected chi connectivity index (χ2v) is 4.63. The molecule has 2 heterocycles. The number of fused-ring (bicyclic) bond motifs is 3. The topological polar surface area (TPSA) is 68.9 Å². The van der Waals surface area contributed by atoms with E-state index in [0.29, 0.717) is 17.8 Å². The highest BCUT2D eigenvalue weighted by molar-refractivity contribution is 6.08. The predicted octanol–water partition coefficient (Wildman–Crippen LogP) is 2.50. The summed E-state index contributed by atoms with van der Waals surface area (Å²) in [5.41, 5.74) is 8.41. The van der Waals surface area contributed by atoms with Crippen LogP contribution in [0.1, 0.15) is 12.5 Å². The van der Waals surface area contributed by atoms with Gasteiger partial charge in [0.2, 0.25) is 0 Å². The number of pyridine rings is 2. The summed E-state index contributed by atoms with van der Waals surface area (Å²) in [5, 5.41) is 1.99. The first kappa shape index (κ1) is 11.6. The molecule has 0 unspecified atom stereocenters. The molecule has 2 N–H and O–H groups in total. The molecule has 1 aromatic carbocycles. The maximum absolute atomic E-state index is 11.2. The zero-order chi connectivity index (χ0) is 13.4. The number of carbonyl (C=O) groups is 1. The number of carbonyl (C=O) groups excluding carboxylic acids is 1. The van der Waals surface area contributed by atoms with Crippen LogP contribution in [0, 0.1) is 0 Å². The zero-order valence-electron chi connectivity index (χ0n) is 10.6. The largest absolute Gasteiger partial charge is 0.382 e. The van der Waals surface area contributed by atoms with Gasteiger partial charge in [0, 0.05) is 23.4 Å². The number of rotatable bonds is 2. The molecule has 0 atom stereocenters. The van der Waals surface area contributed by atoms with Gasteiger partial charge in [0.15, 0.2) is 5.82 Å². The lowest BCUT2D eigenvalue weighted by atomic mass is 10.0. The van der Waals surface area contributed by atoms with Crippen molar-refractivity contribution in [2.45, 2.75) is 13.3 Å². The molecule has 4 nitrogen and oxygen atoms in total. The van der Waals surface area contributed by atoms with Crippen LogP contribution in [0.15, 0.2) is 36.5 Å². The fraction of sp³-hybridized carbons (Fsp3) is 0.133. The van der Waals surface area contributed by atoms with Crippen molar-refractivity contribution >= 4 is 33.4 Å². The van der Waals surface area contributed by atoms with Crippen LogP contribution >= 0.6 is 0 Å². The number of hydrogen-bond acceptors (Lipinski definition) is 4.